The van der Waals surface area contributed by atoms with Gasteiger partial charge in [0.05, 0.1) is 4.88 Å². The molecular formula is C26H24N4OS. The van der Waals surface area contributed by atoms with Gasteiger partial charge in [-0.1, -0.05) is 54.6 Å². The lowest BCUT2D eigenvalue weighted by atomic mass is 9.95. The van der Waals surface area contributed by atoms with Crippen molar-refractivity contribution in [2.45, 2.75) is 12.8 Å². The molecule has 1 amide bonds. The van der Waals surface area contributed by atoms with Gasteiger partial charge in [0.15, 0.2) is 5.82 Å². The van der Waals surface area contributed by atoms with Gasteiger partial charge in [-0.05, 0) is 48.1 Å². The van der Waals surface area contributed by atoms with Gasteiger partial charge in [-0.2, -0.15) is 0 Å². The first-order valence-electron chi connectivity index (χ1n) is 10.9. The molecule has 3 heterocycles. The number of amides is 1. The number of carbonyl (C=O) groups excluding carboxylic acids is 1. The van der Waals surface area contributed by atoms with Gasteiger partial charge in [-0.15, -0.1) is 21.5 Å². The van der Waals surface area contributed by atoms with Crippen LogP contribution in [0, 0.1) is 5.92 Å². The normalized spacial score (nSPS) is 14.3. The molecule has 160 valence electrons. The topological polar surface area (TPSA) is 58.1 Å². The van der Waals surface area contributed by atoms with Crippen LogP contribution in [0.1, 0.15) is 12.8 Å². The Morgan fingerprint density at radius 2 is 1.66 bits per heavy atom. The monoisotopic (exact) mass is 440 g/mol. The fourth-order valence-corrected chi connectivity index (χ4v) is 4.81. The lowest BCUT2D eigenvalue weighted by Gasteiger charge is -2.32. The van der Waals surface area contributed by atoms with Crippen molar-refractivity contribution in [3.05, 3.63) is 84.2 Å². The third-order valence-corrected chi connectivity index (χ3v) is 6.78. The molecule has 5 nitrogen and oxygen atoms in total. The van der Waals surface area contributed by atoms with E-state index in [0.29, 0.717) is 0 Å². The molecule has 0 bridgehead atoms. The number of hydrogen-bond acceptors (Lipinski definition) is 5. The Balaban J connectivity index is 1.21. The largest absolute Gasteiger partial charge is 0.355 e. The van der Waals surface area contributed by atoms with Crippen molar-refractivity contribution in [3.8, 4) is 21.7 Å². The fourth-order valence-electron chi connectivity index (χ4n) is 4.12. The van der Waals surface area contributed by atoms with Gasteiger partial charge in [-0.25, -0.2) is 0 Å². The number of thiophene rings is 1. The lowest BCUT2D eigenvalue weighted by molar-refractivity contribution is -0.120. The molecule has 6 heteroatoms. The maximum Gasteiger partial charge on any atom is 0.227 e. The molecule has 0 spiro atoms. The summed E-state index contributed by atoms with van der Waals surface area (Å²) in [5.74, 6) is 0.958. The summed E-state index contributed by atoms with van der Waals surface area (Å²) < 4.78 is 0. The maximum absolute atomic E-state index is 13.0. The molecule has 0 aliphatic carbocycles. The van der Waals surface area contributed by atoms with Crippen molar-refractivity contribution >= 4 is 28.7 Å². The smallest absolute Gasteiger partial charge is 0.227 e. The van der Waals surface area contributed by atoms with Crippen molar-refractivity contribution < 1.29 is 4.79 Å². The Morgan fingerprint density at radius 1 is 0.875 bits per heavy atom. The van der Waals surface area contributed by atoms with E-state index in [9.17, 15) is 4.79 Å². The minimum Gasteiger partial charge on any atom is -0.355 e. The molecule has 2 aromatic carbocycles. The van der Waals surface area contributed by atoms with Gasteiger partial charge in [-0.3, -0.25) is 4.79 Å². The van der Waals surface area contributed by atoms with Crippen LogP contribution in [-0.4, -0.2) is 29.2 Å². The number of rotatable bonds is 5. The predicted octanol–water partition coefficient (Wildman–Crippen LogP) is 5.73. The Morgan fingerprint density at radius 3 is 2.38 bits per heavy atom. The van der Waals surface area contributed by atoms with Gasteiger partial charge in [0.25, 0.3) is 0 Å². The second kappa shape index (κ2) is 9.32. The lowest BCUT2D eigenvalue weighted by Crippen LogP contribution is -2.38. The summed E-state index contributed by atoms with van der Waals surface area (Å²) in [7, 11) is 0. The maximum atomic E-state index is 13.0. The highest BCUT2D eigenvalue weighted by molar-refractivity contribution is 7.13. The molecule has 1 N–H and O–H groups in total. The van der Waals surface area contributed by atoms with Crippen LogP contribution >= 0.6 is 11.3 Å². The molecular weight excluding hydrogens is 416 g/mol. The van der Waals surface area contributed by atoms with E-state index in [-0.39, 0.29) is 11.8 Å². The van der Waals surface area contributed by atoms with E-state index in [0.717, 1.165) is 59.1 Å². The Hall–Kier alpha value is -3.51. The van der Waals surface area contributed by atoms with E-state index in [2.05, 4.69) is 38.6 Å². The van der Waals surface area contributed by atoms with Crippen LogP contribution in [0.25, 0.3) is 21.7 Å². The van der Waals surface area contributed by atoms with Crippen LogP contribution in [0.15, 0.2) is 84.2 Å². The first-order chi connectivity index (χ1) is 15.8. The number of benzene rings is 2. The molecule has 32 heavy (non-hydrogen) atoms. The van der Waals surface area contributed by atoms with Crippen LogP contribution in [0.3, 0.4) is 0 Å². The van der Waals surface area contributed by atoms with Gasteiger partial charge >= 0.3 is 0 Å². The van der Waals surface area contributed by atoms with Crippen LogP contribution in [0.5, 0.6) is 0 Å². The van der Waals surface area contributed by atoms with E-state index in [1.54, 1.807) is 11.3 Å². The molecule has 0 atom stereocenters. The van der Waals surface area contributed by atoms with E-state index in [4.69, 9.17) is 0 Å². The molecule has 0 saturated carbocycles. The average Bonchev–Trinajstić information content (AvgIpc) is 3.40. The first kappa shape index (κ1) is 20.4. The summed E-state index contributed by atoms with van der Waals surface area (Å²) >= 11 is 1.66. The standard InChI is InChI=1S/C26H24N4OS/c31-26(27-22-10-5-4-9-21(22)19-7-2-1-3-8-19)20-14-16-30(17-15-20)25-13-12-23(28-29-25)24-11-6-18-32-24/h1-13,18,20H,14-17H2,(H,27,31). The molecule has 1 aliphatic heterocycles. The second-order valence-electron chi connectivity index (χ2n) is 7.92. The van der Waals surface area contributed by atoms with E-state index >= 15 is 0 Å². The molecule has 1 aliphatic rings. The Kier molecular flexibility index (Phi) is 5.94. The Bertz CT molecular complexity index is 1170. The summed E-state index contributed by atoms with van der Waals surface area (Å²) in [4.78, 5) is 16.3. The molecule has 5 rings (SSSR count). The van der Waals surface area contributed by atoms with Gasteiger partial charge in [0, 0.05) is 30.3 Å². The zero-order valence-corrected chi connectivity index (χ0v) is 18.5. The molecule has 0 radical (unpaired) electrons. The van der Waals surface area contributed by atoms with E-state index < -0.39 is 0 Å². The van der Waals surface area contributed by atoms with E-state index in [1.807, 2.05) is 66.0 Å². The quantitative estimate of drug-likeness (QED) is 0.431. The third kappa shape index (κ3) is 4.41. The average molecular weight is 441 g/mol. The van der Waals surface area contributed by atoms with Crippen LogP contribution in [0.4, 0.5) is 11.5 Å². The van der Waals surface area contributed by atoms with Crippen molar-refractivity contribution in [2.24, 2.45) is 5.92 Å². The summed E-state index contributed by atoms with van der Waals surface area (Å²) in [5, 5.41) is 14.0. The van der Waals surface area contributed by atoms with E-state index in [1.165, 1.54) is 0 Å². The number of nitrogens with zero attached hydrogens (tertiary/aromatic N) is 3. The summed E-state index contributed by atoms with van der Waals surface area (Å²) in [5.41, 5.74) is 3.90. The minimum absolute atomic E-state index is 0.00608. The molecule has 2 aromatic heterocycles. The number of nitrogens with one attached hydrogen (secondary N) is 1. The van der Waals surface area contributed by atoms with Crippen molar-refractivity contribution in [1.29, 1.82) is 0 Å². The van der Waals surface area contributed by atoms with Crippen molar-refractivity contribution in [2.75, 3.05) is 23.3 Å². The van der Waals surface area contributed by atoms with Gasteiger partial charge in [0.1, 0.15) is 5.69 Å². The second-order valence-corrected chi connectivity index (χ2v) is 8.86. The molecule has 0 unspecified atom stereocenters. The van der Waals surface area contributed by atoms with Gasteiger partial charge in [0.2, 0.25) is 5.91 Å². The van der Waals surface area contributed by atoms with Gasteiger partial charge < -0.3 is 10.2 Å². The third-order valence-electron chi connectivity index (χ3n) is 5.88. The van der Waals surface area contributed by atoms with Crippen molar-refractivity contribution in [1.82, 2.24) is 10.2 Å². The number of carbonyl (C=O) groups is 1. The SMILES string of the molecule is O=C(Nc1ccccc1-c1ccccc1)C1CCN(c2ccc(-c3cccs3)nn2)CC1. The van der Waals surface area contributed by atoms with Crippen LogP contribution < -0.4 is 10.2 Å². The fraction of sp³-hybridized carbons (Fsp3) is 0.192. The molecule has 4 aromatic rings. The summed E-state index contributed by atoms with van der Waals surface area (Å²) in [6, 6.07) is 26.3. The van der Waals surface area contributed by atoms with Crippen LogP contribution in [-0.2, 0) is 4.79 Å². The zero-order valence-electron chi connectivity index (χ0n) is 17.6. The summed E-state index contributed by atoms with van der Waals surface area (Å²) in [6.07, 6.45) is 1.60. The Labute approximate surface area is 191 Å². The minimum atomic E-state index is -0.00608. The number of aromatic nitrogens is 2. The molecule has 1 saturated heterocycles. The highest BCUT2D eigenvalue weighted by atomic mass is 32.1. The highest BCUT2D eigenvalue weighted by Crippen LogP contribution is 2.30. The first-order valence-corrected chi connectivity index (χ1v) is 11.7. The number of anilines is 2. The number of para-hydroxylation sites is 1. The predicted molar refractivity (Wildman–Crippen MR) is 131 cm³/mol. The number of hydrogen-bond donors (Lipinski definition) is 1. The zero-order chi connectivity index (χ0) is 21.8. The van der Waals surface area contributed by atoms with Crippen molar-refractivity contribution in [3.63, 3.8) is 0 Å². The highest BCUT2D eigenvalue weighted by Gasteiger charge is 2.26. The molecule has 1 fully saturated rings. The number of piperidine rings is 1. The summed E-state index contributed by atoms with van der Waals surface area (Å²) in [6.45, 7) is 1.59. The van der Waals surface area contributed by atoms with Crippen LogP contribution in [0.2, 0.25) is 0 Å².